The lowest BCUT2D eigenvalue weighted by Gasteiger charge is -2.13. The summed E-state index contributed by atoms with van der Waals surface area (Å²) in [7, 11) is 0. The van der Waals surface area contributed by atoms with Crippen LogP contribution in [0.5, 0.6) is 0 Å². The van der Waals surface area contributed by atoms with E-state index in [9.17, 15) is 14.4 Å². The number of fused-ring (bicyclic) bond motifs is 1. The first-order valence-corrected chi connectivity index (χ1v) is 10.1. The van der Waals surface area contributed by atoms with Crippen LogP contribution in [0.15, 0.2) is 47.6 Å². The second kappa shape index (κ2) is 9.73. The average molecular weight is 448 g/mol. The number of nitrogens with two attached hydrogens (primary N) is 1. The fourth-order valence-electron chi connectivity index (χ4n) is 3.05. The molecule has 0 unspecified atom stereocenters. The van der Waals surface area contributed by atoms with E-state index >= 15 is 0 Å². The first-order valence-electron chi connectivity index (χ1n) is 9.32. The van der Waals surface area contributed by atoms with Gasteiger partial charge in [-0.1, -0.05) is 46.9 Å². The van der Waals surface area contributed by atoms with E-state index < -0.39 is 5.97 Å². The van der Waals surface area contributed by atoms with Crippen molar-refractivity contribution in [1.82, 2.24) is 4.90 Å². The second-order valence-corrected chi connectivity index (χ2v) is 7.53. The van der Waals surface area contributed by atoms with Crippen molar-refractivity contribution in [1.29, 1.82) is 0 Å². The fraction of sp³-hybridized carbons (Fsp3) is 0.238. The first-order chi connectivity index (χ1) is 14.4. The van der Waals surface area contributed by atoms with Crippen LogP contribution in [0.25, 0.3) is 0 Å². The molecule has 1 heterocycles. The highest BCUT2D eigenvalue weighted by Gasteiger charge is 2.34. The predicted molar refractivity (Wildman–Crippen MR) is 114 cm³/mol. The Bertz CT molecular complexity index is 988. The summed E-state index contributed by atoms with van der Waals surface area (Å²) < 4.78 is 0. The minimum absolute atomic E-state index is 0.0318. The highest BCUT2D eigenvalue weighted by atomic mass is 35.5. The predicted octanol–water partition coefficient (Wildman–Crippen LogP) is 4.01. The Morgan fingerprint density at radius 1 is 1.00 bits per heavy atom. The Morgan fingerprint density at radius 3 is 2.30 bits per heavy atom. The van der Waals surface area contributed by atoms with Crippen molar-refractivity contribution in [3.8, 4) is 0 Å². The van der Waals surface area contributed by atoms with E-state index in [-0.39, 0.29) is 24.1 Å². The first kappa shape index (κ1) is 21.8. The largest absolute Gasteiger partial charge is 0.380 e. The van der Waals surface area contributed by atoms with Crippen molar-refractivity contribution in [3.63, 3.8) is 0 Å². The second-order valence-electron chi connectivity index (χ2n) is 6.68. The minimum atomic E-state index is -0.538. The Kier molecular flexibility index (Phi) is 7.07. The van der Waals surface area contributed by atoms with Crippen LogP contribution in [0.4, 0.5) is 0 Å². The van der Waals surface area contributed by atoms with Crippen molar-refractivity contribution in [2.45, 2.75) is 25.7 Å². The van der Waals surface area contributed by atoms with Gasteiger partial charge in [-0.3, -0.25) is 14.5 Å². The van der Waals surface area contributed by atoms with Gasteiger partial charge in [-0.2, -0.15) is 0 Å². The van der Waals surface area contributed by atoms with Crippen molar-refractivity contribution in [2.24, 2.45) is 10.9 Å². The monoisotopic (exact) mass is 447 g/mol. The molecule has 9 heteroatoms. The molecule has 1 aliphatic heterocycles. The number of halogens is 2. The molecule has 0 aliphatic carbocycles. The van der Waals surface area contributed by atoms with Crippen LogP contribution in [-0.2, 0) is 9.63 Å². The highest BCUT2D eigenvalue weighted by molar-refractivity contribution is 6.36. The van der Waals surface area contributed by atoms with Gasteiger partial charge in [0.15, 0.2) is 5.84 Å². The summed E-state index contributed by atoms with van der Waals surface area (Å²) in [4.78, 5) is 42.4. The normalized spacial score (nSPS) is 13.5. The SMILES string of the molecule is N/C(=N\OC(=O)CCCCCN1C(=O)c2ccccc2C1=O)c1ccc(Cl)cc1Cl. The van der Waals surface area contributed by atoms with E-state index in [1.165, 1.54) is 11.0 Å². The number of hydrogen-bond acceptors (Lipinski definition) is 5. The summed E-state index contributed by atoms with van der Waals surface area (Å²) in [5, 5.41) is 4.36. The third-order valence-electron chi connectivity index (χ3n) is 4.59. The van der Waals surface area contributed by atoms with Gasteiger partial charge in [0.2, 0.25) is 0 Å². The molecule has 156 valence electrons. The van der Waals surface area contributed by atoms with E-state index in [0.29, 0.717) is 52.5 Å². The molecule has 0 saturated heterocycles. The maximum Gasteiger partial charge on any atom is 0.335 e. The number of imide groups is 1. The Labute approximate surface area is 183 Å². The highest BCUT2D eigenvalue weighted by Crippen LogP contribution is 2.23. The molecule has 0 spiro atoms. The third-order valence-corrected chi connectivity index (χ3v) is 5.14. The maximum atomic E-state index is 12.3. The van der Waals surface area contributed by atoms with E-state index in [1.54, 1.807) is 36.4 Å². The van der Waals surface area contributed by atoms with Gasteiger partial charge in [-0.05, 0) is 43.2 Å². The zero-order valence-electron chi connectivity index (χ0n) is 15.9. The van der Waals surface area contributed by atoms with E-state index in [1.807, 2.05) is 0 Å². The number of amidine groups is 1. The number of hydrogen-bond donors (Lipinski definition) is 1. The Balaban J connectivity index is 1.39. The summed E-state index contributed by atoms with van der Waals surface area (Å²) in [5.41, 5.74) is 7.06. The van der Waals surface area contributed by atoms with Gasteiger partial charge in [-0.15, -0.1) is 0 Å². The van der Waals surface area contributed by atoms with Crippen molar-refractivity contribution < 1.29 is 19.2 Å². The fourth-order valence-corrected chi connectivity index (χ4v) is 3.56. The quantitative estimate of drug-likeness (QED) is 0.164. The molecule has 3 rings (SSSR count). The van der Waals surface area contributed by atoms with Gasteiger partial charge in [0.25, 0.3) is 11.8 Å². The molecule has 7 nitrogen and oxygen atoms in total. The molecule has 0 aromatic heterocycles. The lowest BCUT2D eigenvalue weighted by molar-refractivity contribution is -0.143. The van der Waals surface area contributed by atoms with Gasteiger partial charge in [0, 0.05) is 23.6 Å². The number of rotatable bonds is 8. The standard InChI is InChI=1S/C21H19Cl2N3O4/c22-13-9-10-16(17(23)12-13)19(24)25-30-18(27)8-2-1-5-11-26-20(28)14-6-3-4-7-15(14)21(26)29/h3-4,6-7,9-10,12H,1-2,5,8,11H2,(H2,24,25). The van der Waals surface area contributed by atoms with Crippen LogP contribution in [0.2, 0.25) is 10.0 Å². The van der Waals surface area contributed by atoms with Gasteiger partial charge in [0.1, 0.15) is 0 Å². The van der Waals surface area contributed by atoms with E-state index in [2.05, 4.69) is 5.16 Å². The van der Waals surface area contributed by atoms with E-state index in [0.717, 1.165) is 0 Å². The smallest absolute Gasteiger partial charge is 0.335 e. The minimum Gasteiger partial charge on any atom is -0.380 e. The molecule has 0 radical (unpaired) electrons. The van der Waals surface area contributed by atoms with Crippen LogP contribution in [0.1, 0.15) is 52.0 Å². The molecule has 2 aromatic rings. The average Bonchev–Trinajstić information content (AvgIpc) is 2.96. The number of unbranched alkanes of at least 4 members (excludes halogenated alkanes) is 2. The summed E-state index contributed by atoms with van der Waals surface area (Å²) in [5.74, 6) is -1.12. The summed E-state index contributed by atoms with van der Waals surface area (Å²) in [6, 6.07) is 11.4. The zero-order chi connectivity index (χ0) is 21.7. The summed E-state index contributed by atoms with van der Waals surface area (Å²) >= 11 is 11.8. The maximum absolute atomic E-state index is 12.3. The lowest BCUT2D eigenvalue weighted by atomic mass is 10.1. The Hall–Kier alpha value is -2.90. The van der Waals surface area contributed by atoms with Crippen molar-refractivity contribution >= 4 is 46.8 Å². The number of nitrogens with zero attached hydrogens (tertiary/aromatic N) is 2. The number of carbonyl (C=O) groups is 3. The topological polar surface area (TPSA) is 102 Å². The van der Waals surface area contributed by atoms with Crippen molar-refractivity contribution in [2.75, 3.05) is 6.54 Å². The molecule has 2 amide bonds. The molecule has 0 bridgehead atoms. The van der Waals surface area contributed by atoms with Gasteiger partial charge < -0.3 is 10.6 Å². The molecule has 2 aromatic carbocycles. The van der Waals surface area contributed by atoms with Crippen LogP contribution >= 0.6 is 23.2 Å². The molecule has 2 N–H and O–H groups in total. The molecule has 1 aliphatic rings. The van der Waals surface area contributed by atoms with Crippen LogP contribution < -0.4 is 5.73 Å². The van der Waals surface area contributed by atoms with Gasteiger partial charge in [-0.25, -0.2) is 4.79 Å². The Morgan fingerprint density at radius 2 is 1.67 bits per heavy atom. The zero-order valence-corrected chi connectivity index (χ0v) is 17.4. The molecule has 30 heavy (non-hydrogen) atoms. The van der Waals surface area contributed by atoms with E-state index in [4.69, 9.17) is 33.8 Å². The van der Waals surface area contributed by atoms with Crippen LogP contribution in [0.3, 0.4) is 0 Å². The third kappa shape index (κ3) is 4.98. The molecular weight excluding hydrogens is 429 g/mol. The molecule has 0 saturated carbocycles. The lowest BCUT2D eigenvalue weighted by Crippen LogP contribution is -2.30. The van der Waals surface area contributed by atoms with Crippen LogP contribution in [0, 0.1) is 0 Å². The summed E-state index contributed by atoms with van der Waals surface area (Å²) in [6.07, 6.45) is 1.89. The number of benzene rings is 2. The molecule has 0 atom stereocenters. The number of carbonyl (C=O) groups excluding carboxylic acids is 3. The summed E-state index contributed by atoms with van der Waals surface area (Å²) in [6.45, 7) is 0.307. The van der Waals surface area contributed by atoms with Gasteiger partial charge in [0.05, 0.1) is 16.1 Å². The van der Waals surface area contributed by atoms with Crippen LogP contribution in [-0.4, -0.2) is 35.1 Å². The number of oxime groups is 1. The molecular formula is C21H19Cl2N3O4. The van der Waals surface area contributed by atoms with Crippen molar-refractivity contribution in [3.05, 3.63) is 69.2 Å². The molecule has 0 fully saturated rings. The van der Waals surface area contributed by atoms with Gasteiger partial charge >= 0.3 is 5.97 Å². The number of amides is 2.